The zero-order valence-electron chi connectivity index (χ0n) is 11.7. The predicted molar refractivity (Wildman–Crippen MR) is 82.7 cm³/mol. The zero-order valence-corrected chi connectivity index (χ0v) is 12.5. The summed E-state index contributed by atoms with van der Waals surface area (Å²) in [5.74, 6) is 0.202. The van der Waals surface area contributed by atoms with Crippen LogP contribution in [0.3, 0.4) is 0 Å². The van der Waals surface area contributed by atoms with E-state index in [0.717, 1.165) is 5.01 Å². The topological polar surface area (TPSA) is 92.6 Å². The van der Waals surface area contributed by atoms with Crippen LogP contribution in [0.15, 0.2) is 39.6 Å². The van der Waals surface area contributed by atoms with Crippen molar-refractivity contribution in [3.8, 4) is 5.75 Å². The van der Waals surface area contributed by atoms with Crippen molar-refractivity contribution in [2.24, 2.45) is 21.1 Å². The van der Waals surface area contributed by atoms with Crippen LogP contribution in [0.5, 0.6) is 5.75 Å². The van der Waals surface area contributed by atoms with Gasteiger partial charge in [0.2, 0.25) is 0 Å². The van der Waals surface area contributed by atoms with Gasteiger partial charge in [-0.2, -0.15) is 20.3 Å². The minimum atomic E-state index is -0.804. The van der Waals surface area contributed by atoms with Gasteiger partial charge >= 0.3 is 0 Å². The molecule has 1 heterocycles. The minimum Gasteiger partial charge on any atom is -0.492 e. The molecule has 0 fully saturated rings. The van der Waals surface area contributed by atoms with Gasteiger partial charge in [-0.05, 0) is 38.2 Å². The maximum atomic E-state index is 12.0. The van der Waals surface area contributed by atoms with Gasteiger partial charge in [-0.15, -0.1) is 0 Å². The van der Waals surface area contributed by atoms with Crippen molar-refractivity contribution in [2.45, 2.75) is 19.9 Å². The standard InChI is InChI=1S/C13H15N5O2S/c1-3-20-10-7-5-4-6-9(10)15-16-11-8(2)17-18(12(11)19)13(14)21/h4-7,11H,3H2,1-2H3,(H2,14,21). The first-order chi connectivity index (χ1) is 10.0. The van der Waals surface area contributed by atoms with Crippen LogP contribution in [0, 0.1) is 0 Å². The van der Waals surface area contributed by atoms with Crippen LogP contribution in [0.4, 0.5) is 5.69 Å². The molecule has 0 saturated heterocycles. The van der Waals surface area contributed by atoms with E-state index in [1.807, 2.05) is 19.1 Å². The lowest BCUT2D eigenvalue weighted by Gasteiger charge is -2.09. The first kappa shape index (κ1) is 15.0. The second kappa shape index (κ2) is 6.40. The Morgan fingerprint density at radius 2 is 2.24 bits per heavy atom. The van der Waals surface area contributed by atoms with Crippen molar-refractivity contribution in [1.82, 2.24) is 5.01 Å². The van der Waals surface area contributed by atoms with Gasteiger partial charge in [0.05, 0.1) is 12.3 Å². The zero-order chi connectivity index (χ0) is 15.4. The number of ether oxygens (including phenoxy) is 1. The van der Waals surface area contributed by atoms with Gasteiger partial charge in [-0.3, -0.25) is 4.79 Å². The van der Waals surface area contributed by atoms with Gasteiger partial charge in [-0.1, -0.05) is 12.1 Å². The lowest BCUT2D eigenvalue weighted by Crippen LogP contribution is -2.37. The van der Waals surface area contributed by atoms with E-state index in [0.29, 0.717) is 23.8 Å². The smallest absolute Gasteiger partial charge is 0.282 e. The van der Waals surface area contributed by atoms with Crippen LogP contribution < -0.4 is 10.5 Å². The number of carbonyl (C=O) groups excluding carboxylic acids is 1. The number of hydrazone groups is 1. The summed E-state index contributed by atoms with van der Waals surface area (Å²) in [6, 6.07) is 6.39. The maximum absolute atomic E-state index is 12.0. The number of para-hydroxylation sites is 1. The number of rotatable bonds is 4. The van der Waals surface area contributed by atoms with E-state index in [4.69, 9.17) is 22.7 Å². The van der Waals surface area contributed by atoms with E-state index < -0.39 is 11.9 Å². The van der Waals surface area contributed by atoms with Gasteiger partial charge in [0.15, 0.2) is 11.2 Å². The molecule has 0 spiro atoms. The summed E-state index contributed by atoms with van der Waals surface area (Å²) in [4.78, 5) is 12.0. The Balaban J connectivity index is 2.21. The molecule has 0 saturated carbocycles. The molecule has 1 aliphatic heterocycles. The number of benzene rings is 1. The van der Waals surface area contributed by atoms with E-state index in [2.05, 4.69) is 15.3 Å². The fourth-order valence-electron chi connectivity index (χ4n) is 1.78. The third-order valence-corrected chi connectivity index (χ3v) is 2.92. The molecule has 110 valence electrons. The Hall–Kier alpha value is -2.35. The fourth-order valence-corrected chi connectivity index (χ4v) is 1.92. The summed E-state index contributed by atoms with van der Waals surface area (Å²) in [6.45, 7) is 4.07. The number of azo groups is 1. The molecular weight excluding hydrogens is 290 g/mol. The average molecular weight is 305 g/mol. The van der Waals surface area contributed by atoms with Crippen LogP contribution in [0.25, 0.3) is 0 Å². The number of amides is 1. The second-order valence-corrected chi connectivity index (χ2v) is 4.67. The summed E-state index contributed by atoms with van der Waals surface area (Å²) in [6.07, 6.45) is 0. The Morgan fingerprint density at radius 3 is 2.86 bits per heavy atom. The molecule has 8 heteroatoms. The molecule has 7 nitrogen and oxygen atoms in total. The van der Waals surface area contributed by atoms with Crippen molar-refractivity contribution in [3.63, 3.8) is 0 Å². The molecule has 1 atom stereocenters. The molecule has 1 aromatic rings. The number of thiocarbonyl (C=S) groups is 1. The summed E-state index contributed by atoms with van der Waals surface area (Å²) in [5, 5.41) is 13.0. The summed E-state index contributed by atoms with van der Waals surface area (Å²) in [5.41, 5.74) is 6.46. The van der Waals surface area contributed by atoms with Gasteiger partial charge in [0.1, 0.15) is 11.4 Å². The molecule has 21 heavy (non-hydrogen) atoms. The van der Waals surface area contributed by atoms with Gasteiger partial charge < -0.3 is 10.5 Å². The largest absolute Gasteiger partial charge is 0.492 e. The molecule has 0 aliphatic carbocycles. The molecule has 0 bridgehead atoms. The molecule has 2 rings (SSSR count). The highest BCUT2D eigenvalue weighted by molar-refractivity contribution is 7.80. The third kappa shape index (κ3) is 3.22. The number of hydrogen-bond donors (Lipinski definition) is 1. The average Bonchev–Trinajstić information content (AvgIpc) is 2.74. The molecule has 0 aromatic heterocycles. The highest BCUT2D eigenvalue weighted by Crippen LogP contribution is 2.28. The Bertz CT molecular complexity index is 629. The highest BCUT2D eigenvalue weighted by Gasteiger charge is 2.35. The quantitative estimate of drug-likeness (QED) is 0.680. The van der Waals surface area contributed by atoms with E-state index >= 15 is 0 Å². The molecule has 1 aliphatic rings. The van der Waals surface area contributed by atoms with Crippen LogP contribution >= 0.6 is 12.2 Å². The number of hydrogen-bond acceptors (Lipinski definition) is 6. The Morgan fingerprint density at radius 1 is 1.52 bits per heavy atom. The normalized spacial score (nSPS) is 18.2. The van der Waals surface area contributed by atoms with Gasteiger partial charge in [0, 0.05) is 0 Å². The lowest BCUT2D eigenvalue weighted by molar-refractivity contribution is -0.126. The van der Waals surface area contributed by atoms with Crippen molar-refractivity contribution >= 4 is 34.6 Å². The molecular formula is C13H15N5O2S. The third-order valence-electron chi connectivity index (χ3n) is 2.75. The van der Waals surface area contributed by atoms with E-state index in [1.54, 1.807) is 19.1 Å². The highest BCUT2D eigenvalue weighted by atomic mass is 32.1. The Labute approximate surface area is 127 Å². The molecule has 0 radical (unpaired) electrons. The summed E-state index contributed by atoms with van der Waals surface area (Å²) < 4.78 is 5.45. The summed E-state index contributed by atoms with van der Waals surface area (Å²) in [7, 11) is 0. The first-order valence-corrected chi connectivity index (χ1v) is 6.76. The van der Waals surface area contributed by atoms with Crippen LogP contribution in [-0.4, -0.2) is 34.4 Å². The lowest BCUT2D eigenvalue weighted by atomic mass is 10.2. The molecule has 1 amide bonds. The van der Waals surface area contributed by atoms with Crippen LogP contribution in [0.2, 0.25) is 0 Å². The maximum Gasteiger partial charge on any atom is 0.282 e. The van der Waals surface area contributed by atoms with E-state index in [1.165, 1.54) is 0 Å². The van der Waals surface area contributed by atoms with Crippen molar-refractivity contribution in [2.75, 3.05) is 6.61 Å². The first-order valence-electron chi connectivity index (χ1n) is 6.35. The van der Waals surface area contributed by atoms with Crippen molar-refractivity contribution in [1.29, 1.82) is 0 Å². The second-order valence-electron chi connectivity index (χ2n) is 4.25. The van der Waals surface area contributed by atoms with Gasteiger partial charge in [-0.25, -0.2) is 0 Å². The monoisotopic (exact) mass is 305 g/mol. The Kier molecular flexibility index (Phi) is 4.59. The number of nitrogens with zero attached hydrogens (tertiary/aromatic N) is 4. The van der Waals surface area contributed by atoms with Crippen LogP contribution in [0.1, 0.15) is 13.8 Å². The minimum absolute atomic E-state index is 0.105. The molecule has 2 N–H and O–H groups in total. The van der Waals surface area contributed by atoms with Gasteiger partial charge in [0.25, 0.3) is 5.91 Å². The number of carbonyl (C=O) groups is 1. The van der Waals surface area contributed by atoms with E-state index in [-0.39, 0.29) is 5.11 Å². The van der Waals surface area contributed by atoms with Crippen molar-refractivity contribution < 1.29 is 9.53 Å². The molecule has 1 unspecified atom stereocenters. The van der Waals surface area contributed by atoms with Crippen molar-refractivity contribution in [3.05, 3.63) is 24.3 Å². The summed E-state index contributed by atoms with van der Waals surface area (Å²) >= 11 is 4.75. The molecule has 1 aromatic carbocycles. The van der Waals surface area contributed by atoms with E-state index in [9.17, 15) is 4.79 Å². The SMILES string of the molecule is CCOc1ccccc1N=NC1C(=O)N(C(N)=S)N=C1C. The number of nitrogens with two attached hydrogens (primary N) is 1. The van der Waals surface area contributed by atoms with Crippen LogP contribution in [-0.2, 0) is 4.79 Å². The predicted octanol–water partition coefficient (Wildman–Crippen LogP) is 2.00. The fraction of sp³-hybridized carbons (Fsp3) is 0.308.